The van der Waals surface area contributed by atoms with Crippen LogP contribution in [0.2, 0.25) is 0 Å². The van der Waals surface area contributed by atoms with Gasteiger partial charge >= 0.3 is 11.9 Å². The van der Waals surface area contributed by atoms with E-state index in [-0.39, 0.29) is 32.0 Å². The first-order chi connectivity index (χ1) is 14.2. The summed E-state index contributed by atoms with van der Waals surface area (Å²) in [7, 11) is 0. The van der Waals surface area contributed by atoms with E-state index in [1.54, 1.807) is 0 Å². The first-order valence-corrected chi connectivity index (χ1v) is 12.1. The Hall–Kier alpha value is -1.10. The average molecular weight is 415 g/mol. The third kappa shape index (κ3) is 24.9. The lowest BCUT2D eigenvalue weighted by molar-refractivity contribution is -0.145. The van der Waals surface area contributed by atoms with Crippen LogP contribution in [0.3, 0.4) is 0 Å². The Kier molecular flexibility index (Phi) is 22.3. The van der Waals surface area contributed by atoms with Gasteiger partial charge in [0.25, 0.3) is 0 Å². The Morgan fingerprint density at radius 2 is 1.00 bits per heavy atom. The highest BCUT2D eigenvalue weighted by Crippen LogP contribution is 2.13. The van der Waals surface area contributed by atoms with E-state index in [1.807, 2.05) is 0 Å². The molecule has 0 rings (SSSR count). The van der Waals surface area contributed by atoms with Gasteiger partial charge in [0.1, 0.15) is 0 Å². The van der Waals surface area contributed by atoms with Gasteiger partial charge in [-0.15, -0.1) is 0 Å². The molecule has 0 atom stereocenters. The maximum absolute atomic E-state index is 11.5. The van der Waals surface area contributed by atoms with Crippen LogP contribution >= 0.6 is 0 Å². The van der Waals surface area contributed by atoms with E-state index in [1.165, 1.54) is 89.9 Å². The van der Waals surface area contributed by atoms with Crippen LogP contribution in [-0.2, 0) is 19.1 Å². The number of aliphatic carboxylic acids is 1. The molecule has 29 heavy (non-hydrogen) atoms. The number of carbonyl (C=O) groups excluding carboxylic acids is 1. The fourth-order valence-electron chi connectivity index (χ4n) is 3.33. The fraction of sp³-hybridized carbons (Fsp3) is 0.917. The van der Waals surface area contributed by atoms with Gasteiger partial charge in [-0.05, 0) is 6.42 Å². The molecule has 0 aromatic heterocycles. The summed E-state index contributed by atoms with van der Waals surface area (Å²) in [5.41, 5.74) is 0. The van der Waals surface area contributed by atoms with Gasteiger partial charge in [-0.25, -0.2) is 0 Å². The summed E-state index contributed by atoms with van der Waals surface area (Å²) in [6, 6.07) is 0. The van der Waals surface area contributed by atoms with E-state index in [0.717, 1.165) is 12.8 Å². The van der Waals surface area contributed by atoms with Crippen molar-refractivity contribution in [1.82, 2.24) is 0 Å². The molecule has 0 bridgehead atoms. The summed E-state index contributed by atoms with van der Waals surface area (Å²) in [5.74, 6) is -1.16. The van der Waals surface area contributed by atoms with Gasteiger partial charge < -0.3 is 14.6 Å². The number of esters is 1. The highest BCUT2D eigenvalue weighted by Gasteiger charge is 2.03. The number of hydrogen-bond donors (Lipinski definition) is 1. The molecular weight excluding hydrogens is 368 g/mol. The molecule has 0 unspecified atom stereocenters. The van der Waals surface area contributed by atoms with Crippen LogP contribution in [0.15, 0.2) is 0 Å². The second-order valence-electron chi connectivity index (χ2n) is 8.03. The van der Waals surface area contributed by atoms with E-state index in [0.29, 0.717) is 6.61 Å². The zero-order chi connectivity index (χ0) is 21.4. The van der Waals surface area contributed by atoms with E-state index in [2.05, 4.69) is 6.92 Å². The van der Waals surface area contributed by atoms with Gasteiger partial charge in [0.05, 0.1) is 32.7 Å². The van der Waals surface area contributed by atoms with Gasteiger partial charge in [-0.2, -0.15) is 0 Å². The molecule has 172 valence electrons. The van der Waals surface area contributed by atoms with E-state index in [4.69, 9.17) is 14.6 Å². The van der Waals surface area contributed by atoms with Crippen LogP contribution in [0.4, 0.5) is 0 Å². The average Bonchev–Trinajstić information content (AvgIpc) is 2.69. The molecule has 5 nitrogen and oxygen atoms in total. The van der Waals surface area contributed by atoms with Gasteiger partial charge in [0, 0.05) is 0 Å². The summed E-state index contributed by atoms with van der Waals surface area (Å²) in [4.78, 5) is 21.8. The number of ether oxygens (including phenoxy) is 2. The standard InChI is InChI=1S/C24H46O5/c1-2-3-4-5-6-7-8-9-10-11-12-13-14-15-16-17-20-29-24(27)19-22-28-21-18-23(25)26/h2-22H2,1H3,(H,25,26). The predicted molar refractivity (Wildman–Crippen MR) is 118 cm³/mol. The van der Waals surface area contributed by atoms with Crippen LogP contribution in [0.1, 0.15) is 122 Å². The second kappa shape index (κ2) is 23.2. The number of carbonyl (C=O) groups is 2. The molecule has 0 aliphatic carbocycles. The summed E-state index contributed by atoms with van der Waals surface area (Å²) < 4.78 is 10.2. The Balaban J connectivity index is 3.12. The molecule has 0 aliphatic heterocycles. The Morgan fingerprint density at radius 3 is 1.45 bits per heavy atom. The Bertz CT molecular complexity index is 370. The third-order valence-corrected chi connectivity index (χ3v) is 5.17. The maximum Gasteiger partial charge on any atom is 0.308 e. The lowest BCUT2D eigenvalue weighted by Gasteiger charge is -2.06. The quantitative estimate of drug-likeness (QED) is 0.149. The third-order valence-electron chi connectivity index (χ3n) is 5.17. The van der Waals surface area contributed by atoms with Crippen molar-refractivity contribution < 1.29 is 24.2 Å². The molecule has 0 saturated heterocycles. The number of unbranched alkanes of at least 4 members (excludes halogenated alkanes) is 15. The number of hydrogen-bond acceptors (Lipinski definition) is 4. The summed E-state index contributed by atoms with van der Waals surface area (Å²) in [5, 5.41) is 8.47. The Labute approximate surface area is 178 Å². The molecule has 0 saturated carbocycles. The molecule has 0 radical (unpaired) electrons. The smallest absolute Gasteiger partial charge is 0.308 e. The van der Waals surface area contributed by atoms with E-state index in [9.17, 15) is 9.59 Å². The van der Waals surface area contributed by atoms with Crippen molar-refractivity contribution in [3.63, 3.8) is 0 Å². The Morgan fingerprint density at radius 1 is 0.586 bits per heavy atom. The molecule has 0 aromatic rings. The summed E-state index contributed by atoms with van der Waals surface area (Å²) in [6.45, 7) is 3.12. The molecule has 1 N–H and O–H groups in total. The lowest BCUT2D eigenvalue weighted by atomic mass is 10.0. The van der Waals surface area contributed by atoms with Crippen LogP contribution in [-0.4, -0.2) is 36.9 Å². The van der Waals surface area contributed by atoms with Crippen molar-refractivity contribution in [2.75, 3.05) is 19.8 Å². The molecule has 0 aliphatic rings. The first-order valence-electron chi connectivity index (χ1n) is 12.1. The number of carboxylic acids is 1. The molecule has 0 fully saturated rings. The van der Waals surface area contributed by atoms with Crippen molar-refractivity contribution in [3.8, 4) is 0 Å². The molecular formula is C24H46O5. The molecule has 5 heteroatoms. The predicted octanol–water partition coefficient (Wildman–Crippen LogP) is 6.67. The van der Waals surface area contributed by atoms with Crippen molar-refractivity contribution in [1.29, 1.82) is 0 Å². The highest BCUT2D eigenvalue weighted by molar-refractivity contribution is 5.69. The normalized spacial score (nSPS) is 10.9. The molecule has 0 aromatic carbocycles. The lowest BCUT2D eigenvalue weighted by Crippen LogP contribution is -2.11. The van der Waals surface area contributed by atoms with Crippen LogP contribution < -0.4 is 0 Å². The minimum Gasteiger partial charge on any atom is -0.481 e. The van der Waals surface area contributed by atoms with Gasteiger partial charge in [-0.3, -0.25) is 9.59 Å². The summed E-state index contributed by atoms with van der Waals surface area (Å²) >= 11 is 0. The molecule has 0 spiro atoms. The van der Waals surface area contributed by atoms with Crippen LogP contribution in [0.25, 0.3) is 0 Å². The fourth-order valence-corrected chi connectivity index (χ4v) is 3.33. The molecule has 0 amide bonds. The SMILES string of the molecule is CCCCCCCCCCCCCCCCCCOC(=O)CCOCCC(=O)O. The van der Waals surface area contributed by atoms with Crippen molar-refractivity contribution >= 4 is 11.9 Å². The van der Waals surface area contributed by atoms with Crippen LogP contribution in [0.5, 0.6) is 0 Å². The summed E-state index contributed by atoms with van der Waals surface area (Å²) in [6.07, 6.45) is 21.4. The van der Waals surface area contributed by atoms with Gasteiger partial charge in [0.2, 0.25) is 0 Å². The number of carboxylic acid groups (broad SMARTS) is 1. The van der Waals surface area contributed by atoms with Crippen molar-refractivity contribution in [2.24, 2.45) is 0 Å². The van der Waals surface area contributed by atoms with Crippen molar-refractivity contribution in [2.45, 2.75) is 122 Å². The monoisotopic (exact) mass is 414 g/mol. The van der Waals surface area contributed by atoms with E-state index < -0.39 is 5.97 Å². The van der Waals surface area contributed by atoms with E-state index >= 15 is 0 Å². The second-order valence-corrected chi connectivity index (χ2v) is 8.03. The maximum atomic E-state index is 11.5. The largest absolute Gasteiger partial charge is 0.481 e. The van der Waals surface area contributed by atoms with Gasteiger partial charge in [0.15, 0.2) is 0 Å². The topological polar surface area (TPSA) is 72.8 Å². The van der Waals surface area contributed by atoms with Crippen molar-refractivity contribution in [3.05, 3.63) is 0 Å². The zero-order valence-corrected chi connectivity index (χ0v) is 18.9. The first kappa shape index (κ1) is 27.9. The molecule has 0 heterocycles. The minimum atomic E-state index is -0.893. The van der Waals surface area contributed by atoms with Gasteiger partial charge in [-0.1, -0.05) is 103 Å². The highest BCUT2D eigenvalue weighted by atomic mass is 16.5. The minimum absolute atomic E-state index is 0.0335. The van der Waals surface area contributed by atoms with Crippen LogP contribution in [0, 0.1) is 0 Å². The number of rotatable bonds is 23. The zero-order valence-electron chi connectivity index (χ0n) is 18.9.